The minimum absolute atomic E-state index is 0.127. The normalized spacial score (nSPS) is 10.4. The number of nitrogens with zero attached hydrogens (tertiary/aromatic N) is 1. The molecule has 0 aliphatic heterocycles. The number of halogens is 2. The van der Waals surface area contributed by atoms with E-state index in [1.807, 2.05) is 37.3 Å². The molecule has 0 radical (unpaired) electrons. The molecule has 2 N–H and O–H groups in total. The van der Waals surface area contributed by atoms with Crippen LogP contribution in [0.3, 0.4) is 0 Å². The van der Waals surface area contributed by atoms with Gasteiger partial charge < -0.3 is 20.3 Å². The van der Waals surface area contributed by atoms with Crippen molar-refractivity contribution in [2.75, 3.05) is 23.4 Å². The number of nitrogens with one attached hydrogen (secondary N) is 2. The summed E-state index contributed by atoms with van der Waals surface area (Å²) < 4.78 is 5.58. The van der Waals surface area contributed by atoms with Gasteiger partial charge >= 0.3 is 0 Å². The number of anilines is 2. The Morgan fingerprint density at radius 1 is 1.00 bits per heavy atom. The molecule has 3 aromatic carbocycles. The minimum Gasteiger partial charge on any atom is -0.492 e. The van der Waals surface area contributed by atoms with Crippen LogP contribution in [0.25, 0.3) is 0 Å². The van der Waals surface area contributed by atoms with Crippen molar-refractivity contribution in [3.63, 3.8) is 0 Å². The number of amides is 2. The molecule has 9 heteroatoms. The van der Waals surface area contributed by atoms with Gasteiger partial charge in [-0.05, 0) is 74.1 Å². The number of hydrogen-bond acceptors (Lipinski definition) is 4. The Labute approximate surface area is 220 Å². The lowest BCUT2D eigenvalue weighted by Gasteiger charge is -2.21. The van der Waals surface area contributed by atoms with Gasteiger partial charge in [-0.25, -0.2) is 0 Å². The lowest BCUT2D eigenvalue weighted by atomic mass is 10.1. The molecular weight excluding hydrogens is 505 g/mol. The van der Waals surface area contributed by atoms with Gasteiger partial charge in [0.05, 0.1) is 11.6 Å². The second-order valence-electron chi connectivity index (χ2n) is 7.49. The molecule has 6 nitrogen and oxygen atoms in total. The summed E-state index contributed by atoms with van der Waals surface area (Å²) in [5.41, 5.74) is 1.93. The van der Waals surface area contributed by atoms with Gasteiger partial charge in [-0.1, -0.05) is 47.5 Å². The SMILES string of the molecule is CCN(C(=O)c1cccc(NC(=S)NC(=O)CCCOc2ccc(Cl)cc2Cl)c1)c1ccccc1. The molecule has 0 fully saturated rings. The Bertz CT molecular complexity index is 1190. The zero-order valence-corrected chi connectivity index (χ0v) is 21.4. The van der Waals surface area contributed by atoms with E-state index < -0.39 is 0 Å². The fourth-order valence-electron chi connectivity index (χ4n) is 3.30. The third-order valence-electron chi connectivity index (χ3n) is 4.95. The standard InChI is InChI=1S/C26H25Cl2N3O3S/c1-2-31(21-10-4-3-5-11-21)25(33)18-8-6-9-20(16-18)29-26(35)30-24(32)12-7-15-34-23-14-13-19(27)17-22(23)28/h3-6,8-11,13-14,16-17H,2,7,12,15H2,1H3,(H2,29,30,32,35). The van der Waals surface area contributed by atoms with Crippen LogP contribution < -0.4 is 20.3 Å². The Kier molecular flexibility index (Phi) is 9.90. The second kappa shape index (κ2) is 13.1. The molecule has 3 rings (SSSR count). The highest BCUT2D eigenvalue weighted by Gasteiger charge is 2.16. The van der Waals surface area contributed by atoms with Crippen LogP contribution in [0.2, 0.25) is 10.0 Å². The van der Waals surface area contributed by atoms with Gasteiger partial charge in [-0.3, -0.25) is 9.59 Å². The molecule has 0 atom stereocenters. The van der Waals surface area contributed by atoms with E-state index in [2.05, 4.69) is 10.6 Å². The summed E-state index contributed by atoms with van der Waals surface area (Å²) in [6, 6.07) is 21.4. The van der Waals surface area contributed by atoms with Crippen molar-refractivity contribution in [2.45, 2.75) is 19.8 Å². The van der Waals surface area contributed by atoms with Crippen molar-refractivity contribution in [2.24, 2.45) is 0 Å². The van der Waals surface area contributed by atoms with Crippen molar-refractivity contribution in [1.82, 2.24) is 5.32 Å². The van der Waals surface area contributed by atoms with Crippen molar-refractivity contribution in [3.05, 3.63) is 88.4 Å². The van der Waals surface area contributed by atoms with Crippen molar-refractivity contribution < 1.29 is 14.3 Å². The molecule has 0 saturated carbocycles. The molecule has 0 saturated heterocycles. The van der Waals surface area contributed by atoms with Crippen LogP contribution in [-0.4, -0.2) is 30.1 Å². The Morgan fingerprint density at radius 3 is 2.49 bits per heavy atom. The molecule has 35 heavy (non-hydrogen) atoms. The van der Waals surface area contributed by atoms with E-state index >= 15 is 0 Å². The first-order chi connectivity index (χ1) is 16.9. The quantitative estimate of drug-likeness (QED) is 0.250. The lowest BCUT2D eigenvalue weighted by molar-refractivity contribution is -0.119. The average molecular weight is 530 g/mol. The first-order valence-electron chi connectivity index (χ1n) is 11.0. The van der Waals surface area contributed by atoms with E-state index in [1.54, 1.807) is 47.4 Å². The maximum atomic E-state index is 13.0. The molecule has 0 bridgehead atoms. The first kappa shape index (κ1) is 26.5. The second-order valence-corrected chi connectivity index (χ2v) is 8.75. The van der Waals surface area contributed by atoms with E-state index in [-0.39, 0.29) is 23.3 Å². The predicted molar refractivity (Wildman–Crippen MR) is 146 cm³/mol. The summed E-state index contributed by atoms with van der Waals surface area (Å²) in [6.45, 7) is 2.77. The number of ether oxygens (including phenoxy) is 1. The molecule has 0 aliphatic carbocycles. The number of carbonyl (C=O) groups excluding carboxylic acids is 2. The van der Waals surface area contributed by atoms with Crippen LogP contribution in [-0.2, 0) is 4.79 Å². The van der Waals surface area contributed by atoms with Crippen molar-refractivity contribution in [1.29, 1.82) is 0 Å². The summed E-state index contributed by atoms with van der Waals surface area (Å²) in [5, 5.41) is 6.69. The zero-order chi connectivity index (χ0) is 25.2. The van der Waals surface area contributed by atoms with E-state index in [1.165, 1.54) is 0 Å². The average Bonchev–Trinajstić information content (AvgIpc) is 2.84. The van der Waals surface area contributed by atoms with Crippen LogP contribution in [0, 0.1) is 0 Å². The molecule has 3 aromatic rings. The Balaban J connectivity index is 1.48. The van der Waals surface area contributed by atoms with Crippen LogP contribution in [0.5, 0.6) is 5.75 Å². The monoisotopic (exact) mass is 529 g/mol. The topological polar surface area (TPSA) is 70.7 Å². The van der Waals surface area contributed by atoms with Gasteiger partial charge in [0, 0.05) is 34.9 Å². The number of rotatable bonds is 9. The highest BCUT2D eigenvalue weighted by Crippen LogP contribution is 2.27. The van der Waals surface area contributed by atoms with Crippen LogP contribution >= 0.6 is 35.4 Å². The molecular formula is C26H25Cl2N3O3S. The molecule has 0 aromatic heterocycles. The van der Waals surface area contributed by atoms with E-state index in [4.69, 9.17) is 40.2 Å². The molecule has 0 aliphatic rings. The fourth-order valence-corrected chi connectivity index (χ4v) is 3.99. The number of benzene rings is 3. The summed E-state index contributed by atoms with van der Waals surface area (Å²) in [6.07, 6.45) is 0.692. The van der Waals surface area contributed by atoms with Gasteiger partial charge in [0.2, 0.25) is 5.91 Å². The highest BCUT2D eigenvalue weighted by atomic mass is 35.5. The van der Waals surface area contributed by atoms with E-state index in [9.17, 15) is 9.59 Å². The number of carbonyl (C=O) groups is 2. The highest BCUT2D eigenvalue weighted by molar-refractivity contribution is 7.80. The minimum atomic E-state index is -0.248. The third-order valence-corrected chi connectivity index (χ3v) is 5.68. The van der Waals surface area contributed by atoms with Crippen molar-refractivity contribution >= 4 is 63.7 Å². The van der Waals surface area contributed by atoms with E-state index in [0.29, 0.717) is 46.6 Å². The van der Waals surface area contributed by atoms with Gasteiger partial charge in [0.15, 0.2) is 5.11 Å². The summed E-state index contributed by atoms with van der Waals surface area (Å²) in [7, 11) is 0. The van der Waals surface area contributed by atoms with Crippen LogP contribution in [0.1, 0.15) is 30.1 Å². The summed E-state index contributed by atoms with van der Waals surface area (Å²) >= 11 is 17.2. The van der Waals surface area contributed by atoms with Crippen LogP contribution in [0.4, 0.5) is 11.4 Å². The number of thiocarbonyl (C=S) groups is 1. The fraction of sp³-hybridized carbons (Fsp3) is 0.192. The van der Waals surface area contributed by atoms with Gasteiger partial charge in [0.1, 0.15) is 5.75 Å². The molecule has 0 spiro atoms. The summed E-state index contributed by atoms with van der Waals surface area (Å²) in [4.78, 5) is 27.0. The predicted octanol–water partition coefficient (Wildman–Crippen LogP) is 6.33. The number of para-hydroxylation sites is 1. The Morgan fingerprint density at radius 2 is 1.77 bits per heavy atom. The number of hydrogen-bond donors (Lipinski definition) is 2. The maximum Gasteiger partial charge on any atom is 0.258 e. The molecule has 0 unspecified atom stereocenters. The zero-order valence-electron chi connectivity index (χ0n) is 19.1. The van der Waals surface area contributed by atoms with Crippen LogP contribution in [0.15, 0.2) is 72.8 Å². The first-order valence-corrected chi connectivity index (χ1v) is 12.2. The summed E-state index contributed by atoms with van der Waals surface area (Å²) in [5.74, 6) is 0.136. The maximum absolute atomic E-state index is 13.0. The molecule has 2 amide bonds. The third kappa shape index (κ3) is 7.96. The molecule has 0 heterocycles. The Hall–Kier alpha value is -3.13. The molecule has 182 valence electrons. The van der Waals surface area contributed by atoms with Crippen molar-refractivity contribution in [3.8, 4) is 5.75 Å². The van der Waals surface area contributed by atoms with Gasteiger partial charge in [-0.15, -0.1) is 0 Å². The largest absolute Gasteiger partial charge is 0.492 e. The smallest absolute Gasteiger partial charge is 0.258 e. The van der Waals surface area contributed by atoms with Gasteiger partial charge in [-0.2, -0.15) is 0 Å². The lowest BCUT2D eigenvalue weighted by Crippen LogP contribution is -2.34. The van der Waals surface area contributed by atoms with E-state index in [0.717, 1.165) is 5.69 Å². The van der Waals surface area contributed by atoms with Gasteiger partial charge in [0.25, 0.3) is 5.91 Å².